The highest BCUT2D eigenvalue weighted by Crippen LogP contribution is 2.14. The molecule has 0 aliphatic heterocycles. The Labute approximate surface area is 127 Å². The number of rotatable bonds is 6. The lowest BCUT2D eigenvalue weighted by Crippen LogP contribution is -2.34. The van der Waals surface area contributed by atoms with Gasteiger partial charge in [0.05, 0.1) is 4.90 Å². The van der Waals surface area contributed by atoms with Gasteiger partial charge in [0.1, 0.15) is 6.54 Å². The van der Waals surface area contributed by atoms with Gasteiger partial charge in [-0.05, 0) is 37.6 Å². The van der Waals surface area contributed by atoms with Crippen LogP contribution in [-0.4, -0.2) is 33.1 Å². The standard InChI is InChI=1S/C13H17F3N2O3S/c1-3-9(2)18-22(20,21)11-6-4-10(5-7-11)12(19)17-8-13(14,15)16/h4-7,9,18H,3,8H2,1-2H3,(H,17,19)/t9-/m0/s1. The minimum absolute atomic E-state index is 0.0493. The average molecular weight is 338 g/mol. The fourth-order valence-electron chi connectivity index (χ4n) is 1.48. The zero-order valence-electron chi connectivity index (χ0n) is 12.1. The molecule has 1 aromatic rings. The van der Waals surface area contributed by atoms with Crippen molar-refractivity contribution in [1.82, 2.24) is 10.0 Å². The maximum Gasteiger partial charge on any atom is 0.405 e. The first-order chi connectivity index (χ1) is 10.0. The molecule has 0 unspecified atom stereocenters. The van der Waals surface area contributed by atoms with Crippen molar-refractivity contribution in [3.63, 3.8) is 0 Å². The molecule has 0 bridgehead atoms. The zero-order chi connectivity index (χ0) is 17.0. The van der Waals surface area contributed by atoms with Crippen LogP contribution in [0.2, 0.25) is 0 Å². The molecule has 0 aromatic heterocycles. The summed E-state index contributed by atoms with van der Waals surface area (Å²) in [4.78, 5) is 11.4. The van der Waals surface area contributed by atoms with Gasteiger partial charge >= 0.3 is 6.18 Å². The zero-order valence-corrected chi connectivity index (χ0v) is 12.9. The number of alkyl halides is 3. The van der Waals surface area contributed by atoms with Gasteiger partial charge in [0.2, 0.25) is 10.0 Å². The van der Waals surface area contributed by atoms with E-state index in [-0.39, 0.29) is 16.5 Å². The Bertz CT molecular complexity index is 612. The van der Waals surface area contributed by atoms with Crippen LogP contribution >= 0.6 is 0 Å². The van der Waals surface area contributed by atoms with Crippen LogP contribution in [0.3, 0.4) is 0 Å². The summed E-state index contributed by atoms with van der Waals surface area (Å²) >= 11 is 0. The van der Waals surface area contributed by atoms with Gasteiger partial charge in [-0.25, -0.2) is 13.1 Å². The molecule has 1 amide bonds. The van der Waals surface area contributed by atoms with E-state index in [4.69, 9.17) is 0 Å². The average Bonchev–Trinajstić information content (AvgIpc) is 2.43. The molecular formula is C13H17F3N2O3S. The van der Waals surface area contributed by atoms with E-state index in [1.165, 1.54) is 12.1 Å². The highest BCUT2D eigenvalue weighted by atomic mass is 32.2. The third-order valence-corrected chi connectivity index (χ3v) is 4.45. The van der Waals surface area contributed by atoms with Crippen molar-refractivity contribution >= 4 is 15.9 Å². The molecule has 9 heteroatoms. The molecule has 22 heavy (non-hydrogen) atoms. The molecule has 1 atom stereocenters. The van der Waals surface area contributed by atoms with E-state index in [2.05, 4.69) is 4.72 Å². The van der Waals surface area contributed by atoms with Gasteiger partial charge in [-0.1, -0.05) is 6.92 Å². The third-order valence-electron chi connectivity index (χ3n) is 2.84. The van der Waals surface area contributed by atoms with Crippen molar-refractivity contribution in [3.8, 4) is 0 Å². The van der Waals surface area contributed by atoms with E-state index in [1.807, 2.05) is 6.92 Å². The second-order valence-corrected chi connectivity index (χ2v) is 6.47. The summed E-state index contributed by atoms with van der Waals surface area (Å²) in [6.07, 6.45) is -3.89. The first kappa shape index (κ1) is 18.4. The van der Waals surface area contributed by atoms with Crippen LogP contribution in [0.15, 0.2) is 29.2 Å². The number of hydrogen-bond acceptors (Lipinski definition) is 3. The topological polar surface area (TPSA) is 75.3 Å². The van der Waals surface area contributed by atoms with E-state index >= 15 is 0 Å². The molecule has 0 spiro atoms. The number of amides is 1. The highest BCUT2D eigenvalue weighted by Gasteiger charge is 2.28. The fourth-order valence-corrected chi connectivity index (χ4v) is 2.81. The van der Waals surface area contributed by atoms with Gasteiger partial charge in [-0.3, -0.25) is 4.79 Å². The molecule has 0 saturated carbocycles. The normalized spacial score (nSPS) is 13.7. The second-order valence-electron chi connectivity index (χ2n) is 4.75. The summed E-state index contributed by atoms with van der Waals surface area (Å²) in [5, 5.41) is 1.71. The number of sulfonamides is 1. The summed E-state index contributed by atoms with van der Waals surface area (Å²) in [7, 11) is -3.71. The second kappa shape index (κ2) is 7.10. The number of carbonyl (C=O) groups is 1. The molecule has 0 saturated heterocycles. The first-order valence-corrected chi connectivity index (χ1v) is 8.01. The Kier molecular flexibility index (Phi) is 5.95. The quantitative estimate of drug-likeness (QED) is 0.834. The molecular weight excluding hydrogens is 321 g/mol. The molecule has 124 valence electrons. The maximum atomic E-state index is 12.0. The number of nitrogens with one attached hydrogen (secondary N) is 2. The van der Waals surface area contributed by atoms with E-state index in [0.29, 0.717) is 6.42 Å². The monoisotopic (exact) mass is 338 g/mol. The summed E-state index contributed by atoms with van der Waals surface area (Å²) in [5.41, 5.74) is -0.0493. The van der Waals surface area contributed by atoms with Crippen LogP contribution in [0.4, 0.5) is 13.2 Å². The van der Waals surface area contributed by atoms with Crippen LogP contribution in [0, 0.1) is 0 Å². The van der Waals surface area contributed by atoms with Gasteiger partial charge in [-0.15, -0.1) is 0 Å². The molecule has 0 radical (unpaired) electrons. The number of benzene rings is 1. The Morgan fingerprint density at radius 3 is 2.23 bits per heavy atom. The van der Waals surface area contributed by atoms with Crippen molar-refractivity contribution in [3.05, 3.63) is 29.8 Å². The van der Waals surface area contributed by atoms with E-state index in [0.717, 1.165) is 12.1 Å². The number of halogens is 3. The van der Waals surface area contributed by atoms with E-state index < -0.39 is 28.7 Å². The Morgan fingerprint density at radius 2 is 1.77 bits per heavy atom. The molecule has 0 aliphatic rings. The molecule has 2 N–H and O–H groups in total. The highest BCUT2D eigenvalue weighted by molar-refractivity contribution is 7.89. The largest absolute Gasteiger partial charge is 0.405 e. The summed E-state index contributed by atoms with van der Waals surface area (Å²) in [5.74, 6) is -0.920. The summed E-state index contributed by atoms with van der Waals surface area (Å²) in [6.45, 7) is 2.08. The van der Waals surface area contributed by atoms with Gasteiger partial charge in [0.15, 0.2) is 0 Å². The van der Waals surface area contributed by atoms with Crippen LogP contribution < -0.4 is 10.0 Å². The number of hydrogen-bond donors (Lipinski definition) is 2. The Balaban J connectivity index is 2.80. The molecule has 5 nitrogen and oxygen atoms in total. The third kappa shape index (κ3) is 5.64. The lowest BCUT2D eigenvalue weighted by molar-refractivity contribution is -0.123. The SMILES string of the molecule is CC[C@H](C)NS(=O)(=O)c1ccc(C(=O)NCC(F)(F)F)cc1. The van der Waals surface area contributed by atoms with E-state index in [9.17, 15) is 26.4 Å². The minimum Gasteiger partial charge on any atom is -0.343 e. The van der Waals surface area contributed by atoms with Crippen molar-refractivity contribution in [2.24, 2.45) is 0 Å². The molecule has 0 aliphatic carbocycles. The minimum atomic E-state index is -4.50. The smallest absolute Gasteiger partial charge is 0.343 e. The predicted octanol–water partition coefficient (Wildman–Crippen LogP) is 2.06. The van der Waals surface area contributed by atoms with Crippen molar-refractivity contribution in [2.75, 3.05) is 6.54 Å². The Morgan fingerprint density at radius 1 is 1.23 bits per heavy atom. The van der Waals surface area contributed by atoms with Crippen molar-refractivity contribution in [1.29, 1.82) is 0 Å². The molecule has 1 aromatic carbocycles. The fraction of sp³-hybridized carbons (Fsp3) is 0.462. The summed E-state index contributed by atoms with van der Waals surface area (Å²) in [6, 6.07) is 4.42. The molecule has 1 rings (SSSR count). The lowest BCUT2D eigenvalue weighted by atomic mass is 10.2. The van der Waals surface area contributed by atoms with E-state index in [1.54, 1.807) is 12.2 Å². The van der Waals surface area contributed by atoms with Gasteiger partial charge in [-0.2, -0.15) is 13.2 Å². The van der Waals surface area contributed by atoms with Crippen molar-refractivity contribution in [2.45, 2.75) is 37.4 Å². The first-order valence-electron chi connectivity index (χ1n) is 6.52. The van der Waals surface area contributed by atoms with Gasteiger partial charge in [0, 0.05) is 11.6 Å². The van der Waals surface area contributed by atoms with Crippen LogP contribution in [0.5, 0.6) is 0 Å². The number of carbonyl (C=O) groups excluding carboxylic acids is 1. The summed E-state index contributed by atoms with van der Waals surface area (Å²) < 4.78 is 62.4. The van der Waals surface area contributed by atoms with Gasteiger partial charge < -0.3 is 5.32 Å². The van der Waals surface area contributed by atoms with Gasteiger partial charge in [0.25, 0.3) is 5.91 Å². The van der Waals surface area contributed by atoms with Crippen molar-refractivity contribution < 1.29 is 26.4 Å². The van der Waals surface area contributed by atoms with Crippen LogP contribution in [-0.2, 0) is 10.0 Å². The predicted molar refractivity (Wildman–Crippen MR) is 74.9 cm³/mol. The maximum absolute atomic E-state index is 12.0. The lowest BCUT2D eigenvalue weighted by Gasteiger charge is -2.12. The molecule has 0 heterocycles. The Hall–Kier alpha value is -1.61. The van der Waals surface area contributed by atoms with Crippen LogP contribution in [0.1, 0.15) is 30.6 Å². The molecule has 0 fully saturated rings. The van der Waals surface area contributed by atoms with Crippen LogP contribution in [0.25, 0.3) is 0 Å².